The molecule has 6 heteroatoms. The molecule has 0 bridgehead atoms. The Bertz CT molecular complexity index is 740. The molecular weight excluding hydrogens is 344 g/mol. The summed E-state index contributed by atoms with van der Waals surface area (Å²) in [5, 5.41) is 9.49. The van der Waals surface area contributed by atoms with Gasteiger partial charge in [0.05, 0.1) is 0 Å². The zero-order valence-electron chi connectivity index (χ0n) is 15.1. The van der Waals surface area contributed by atoms with Crippen LogP contribution in [-0.4, -0.2) is 38.7 Å². The van der Waals surface area contributed by atoms with Crippen molar-refractivity contribution in [3.63, 3.8) is 0 Å². The van der Waals surface area contributed by atoms with E-state index in [0.29, 0.717) is 0 Å². The van der Waals surface area contributed by atoms with Crippen molar-refractivity contribution in [1.29, 1.82) is 0 Å². The number of hydrogen-bond donors (Lipinski definition) is 0. The number of hydrogen-bond acceptors (Lipinski definition) is 4. The standard InChI is InChI=1S/C20H26N4OS/c25-19(23-13-7-3-8-14-23)18(16-10-4-1-5-11-16)26-20-22-21-17-12-6-2-9-15-24(17)20/h1,4-5,10-11,18H,2-3,6-9,12-15H2. The zero-order valence-corrected chi connectivity index (χ0v) is 16.0. The van der Waals surface area contributed by atoms with Crippen LogP contribution in [0.15, 0.2) is 35.5 Å². The number of rotatable bonds is 4. The molecule has 26 heavy (non-hydrogen) atoms. The van der Waals surface area contributed by atoms with Gasteiger partial charge in [-0.1, -0.05) is 48.5 Å². The van der Waals surface area contributed by atoms with Crippen LogP contribution in [0, 0.1) is 0 Å². The number of piperidine rings is 1. The molecule has 3 heterocycles. The van der Waals surface area contributed by atoms with Gasteiger partial charge in [-0.2, -0.15) is 0 Å². The van der Waals surface area contributed by atoms with Crippen molar-refractivity contribution < 1.29 is 4.79 Å². The molecule has 1 amide bonds. The molecule has 0 radical (unpaired) electrons. The Morgan fingerprint density at radius 1 is 0.923 bits per heavy atom. The number of thioether (sulfide) groups is 1. The van der Waals surface area contributed by atoms with Crippen LogP contribution in [0.3, 0.4) is 0 Å². The molecule has 1 fully saturated rings. The Morgan fingerprint density at radius 2 is 1.65 bits per heavy atom. The molecule has 2 aliphatic rings. The van der Waals surface area contributed by atoms with E-state index in [1.807, 2.05) is 23.1 Å². The maximum Gasteiger partial charge on any atom is 0.240 e. The van der Waals surface area contributed by atoms with Crippen LogP contribution in [0.4, 0.5) is 0 Å². The first kappa shape index (κ1) is 17.6. The second kappa shape index (κ2) is 8.25. The minimum absolute atomic E-state index is 0.215. The fourth-order valence-electron chi connectivity index (χ4n) is 3.82. The Labute approximate surface area is 159 Å². The largest absolute Gasteiger partial charge is 0.341 e. The van der Waals surface area contributed by atoms with Crippen molar-refractivity contribution in [2.45, 2.75) is 61.9 Å². The molecule has 1 atom stereocenters. The van der Waals surface area contributed by atoms with Crippen molar-refractivity contribution >= 4 is 17.7 Å². The molecule has 1 unspecified atom stereocenters. The van der Waals surface area contributed by atoms with Gasteiger partial charge in [0.1, 0.15) is 11.1 Å². The van der Waals surface area contributed by atoms with E-state index in [0.717, 1.165) is 61.9 Å². The lowest BCUT2D eigenvalue weighted by Gasteiger charge is -2.30. The van der Waals surface area contributed by atoms with Gasteiger partial charge in [0.15, 0.2) is 5.16 Å². The molecule has 5 nitrogen and oxygen atoms in total. The quantitative estimate of drug-likeness (QED) is 0.767. The predicted molar refractivity (Wildman–Crippen MR) is 103 cm³/mol. The fraction of sp³-hybridized carbons (Fsp3) is 0.550. The number of amides is 1. The van der Waals surface area contributed by atoms with E-state index >= 15 is 0 Å². The molecule has 1 aromatic carbocycles. The number of likely N-dealkylation sites (tertiary alicyclic amines) is 1. The molecular formula is C20H26N4OS. The molecule has 0 N–H and O–H groups in total. The van der Waals surface area contributed by atoms with Gasteiger partial charge in [0.25, 0.3) is 0 Å². The SMILES string of the molecule is O=C(C(Sc1nnc2n1CCCCC2)c1ccccc1)N1CCCCC1. The predicted octanol–water partition coefficient (Wildman–Crippen LogP) is 3.85. The molecule has 1 saturated heterocycles. The first-order valence-electron chi connectivity index (χ1n) is 9.75. The van der Waals surface area contributed by atoms with Crippen molar-refractivity contribution in [1.82, 2.24) is 19.7 Å². The normalized spacial score (nSPS) is 18.8. The van der Waals surface area contributed by atoms with E-state index in [4.69, 9.17) is 0 Å². The molecule has 0 saturated carbocycles. The Hall–Kier alpha value is -1.82. The van der Waals surface area contributed by atoms with Crippen LogP contribution in [-0.2, 0) is 17.8 Å². The van der Waals surface area contributed by atoms with Crippen LogP contribution in [0.1, 0.15) is 55.2 Å². The maximum absolute atomic E-state index is 13.3. The molecule has 0 aliphatic carbocycles. The number of carbonyl (C=O) groups is 1. The van der Waals surface area contributed by atoms with Crippen molar-refractivity contribution in [2.75, 3.05) is 13.1 Å². The van der Waals surface area contributed by atoms with Gasteiger partial charge in [-0.3, -0.25) is 4.79 Å². The van der Waals surface area contributed by atoms with Crippen LogP contribution in [0.2, 0.25) is 0 Å². The van der Waals surface area contributed by atoms with Gasteiger partial charge in [-0.15, -0.1) is 10.2 Å². The number of aryl methyl sites for hydroxylation is 1. The molecule has 2 aliphatic heterocycles. The summed E-state index contributed by atoms with van der Waals surface area (Å²) in [5.41, 5.74) is 1.05. The summed E-state index contributed by atoms with van der Waals surface area (Å²) < 4.78 is 2.23. The van der Waals surface area contributed by atoms with Crippen LogP contribution < -0.4 is 0 Å². The monoisotopic (exact) mass is 370 g/mol. The first-order chi connectivity index (χ1) is 12.8. The van der Waals surface area contributed by atoms with E-state index in [2.05, 4.69) is 26.9 Å². The average molecular weight is 371 g/mol. The summed E-state index contributed by atoms with van der Waals surface area (Å²) >= 11 is 1.57. The van der Waals surface area contributed by atoms with Crippen molar-refractivity contribution in [3.8, 4) is 0 Å². The third-order valence-electron chi connectivity index (χ3n) is 5.29. The minimum Gasteiger partial charge on any atom is -0.341 e. The third-order valence-corrected chi connectivity index (χ3v) is 6.52. The number of carbonyl (C=O) groups excluding carboxylic acids is 1. The summed E-state index contributed by atoms with van der Waals surface area (Å²) in [4.78, 5) is 15.3. The molecule has 4 rings (SSSR count). The number of aromatic nitrogens is 3. The Balaban J connectivity index is 1.61. The van der Waals surface area contributed by atoms with Gasteiger partial charge >= 0.3 is 0 Å². The van der Waals surface area contributed by atoms with Gasteiger partial charge < -0.3 is 9.47 Å². The topological polar surface area (TPSA) is 51.0 Å². The van der Waals surface area contributed by atoms with E-state index in [-0.39, 0.29) is 11.2 Å². The number of benzene rings is 1. The van der Waals surface area contributed by atoms with Crippen molar-refractivity contribution in [3.05, 3.63) is 41.7 Å². The summed E-state index contributed by atoms with van der Waals surface area (Å²) in [7, 11) is 0. The first-order valence-corrected chi connectivity index (χ1v) is 10.6. The van der Waals surface area contributed by atoms with E-state index < -0.39 is 0 Å². The highest BCUT2D eigenvalue weighted by Gasteiger charge is 2.30. The van der Waals surface area contributed by atoms with E-state index in [1.165, 1.54) is 19.3 Å². The Morgan fingerprint density at radius 3 is 2.46 bits per heavy atom. The van der Waals surface area contributed by atoms with Gasteiger partial charge in [-0.25, -0.2) is 0 Å². The highest BCUT2D eigenvalue weighted by Crippen LogP contribution is 2.37. The van der Waals surface area contributed by atoms with Gasteiger partial charge in [-0.05, 0) is 37.7 Å². The minimum atomic E-state index is -0.245. The average Bonchev–Trinajstić information content (AvgIpc) is 2.92. The second-order valence-electron chi connectivity index (χ2n) is 7.16. The molecule has 138 valence electrons. The van der Waals surface area contributed by atoms with Gasteiger partial charge in [0.2, 0.25) is 5.91 Å². The van der Waals surface area contributed by atoms with E-state index in [1.54, 1.807) is 11.8 Å². The molecule has 2 aromatic rings. The highest BCUT2D eigenvalue weighted by atomic mass is 32.2. The summed E-state index contributed by atoms with van der Waals surface area (Å²) in [6.07, 6.45) is 8.01. The van der Waals surface area contributed by atoms with Crippen LogP contribution in [0.25, 0.3) is 0 Å². The molecule has 0 spiro atoms. The highest BCUT2D eigenvalue weighted by molar-refractivity contribution is 8.00. The van der Waals surface area contributed by atoms with Crippen LogP contribution in [0.5, 0.6) is 0 Å². The summed E-state index contributed by atoms with van der Waals surface area (Å²) in [5.74, 6) is 1.29. The lowest BCUT2D eigenvalue weighted by Crippen LogP contribution is -2.38. The van der Waals surface area contributed by atoms with Crippen LogP contribution >= 0.6 is 11.8 Å². The van der Waals surface area contributed by atoms with Gasteiger partial charge in [0, 0.05) is 26.1 Å². The van der Waals surface area contributed by atoms with Crippen molar-refractivity contribution in [2.24, 2.45) is 0 Å². The lowest BCUT2D eigenvalue weighted by atomic mass is 10.1. The number of nitrogens with zero attached hydrogens (tertiary/aromatic N) is 4. The third kappa shape index (κ3) is 3.80. The summed E-state index contributed by atoms with van der Waals surface area (Å²) in [6.45, 7) is 2.71. The lowest BCUT2D eigenvalue weighted by molar-refractivity contribution is -0.131. The smallest absolute Gasteiger partial charge is 0.240 e. The summed E-state index contributed by atoms with van der Waals surface area (Å²) in [6, 6.07) is 10.1. The van der Waals surface area contributed by atoms with E-state index in [9.17, 15) is 4.79 Å². The number of fused-ring (bicyclic) bond motifs is 1. The fourth-order valence-corrected chi connectivity index (χ4v) is 4.99. The zero-order chi connectivity index (χ0) is 17.8. The maximum atomic E-state index is 13.3. The Kier molecular flexibility index (Phi) is 5.58. The molecule has 1 aromatic heterocycles. The second-order valence-corrected chi connectivity index (χ2v) is 8.23.